The predicted molar refractivity (Wildman–Crippen MR) is 81.7 cm³/mol. The summed E-state index contributed by atoms with van der Waals surface area (Å²) in [5, 5.41) is 9.45. The first kappa shape index (κ1) is 16.3. The summed E-state index contributed by atoms with van der Waals surface area (Å²) in [4.78, 5) is 29.2. The van der Waals surface area contributed by atoms with Gasteiger partial charge in [-0.05, 0) is 19.1 Å². The lowest BCUT2D eigenvalue weighted by Crippen LogP contribution is -2.22. The van der Waals surface area contributed by atoms with Crippen LogP contribution in [-0.4, -0.2) is 21.0 Å². The van der Waals surface area contributed by atoms with Crippen molar-refractivity contribution in [2.45, 2.75) is 20.0 Å². The van der Waals surface area contributed by atoms with E-state index in [0.717, 1.165) is 0 Å². The van der Waals surface area contributed by atoms with Crippen molar-refractivity contribution in [2.24, 2.45) is 0 Å². The number of hydrogen-bond acceptors (Lipinski definition) is 4. The van der Waals surface area contributed by atoms with Crippen molar-refractivity contribution in [1.82, 2.24) is 9.97 Å². The molecule has 8 heteroatoms. The number of aromatic amines is 1. The molecule has 0 aliphatic heterocycles. The highest BCUT2D eigenvalue weighted by Crippen LogP contribution is 2.32. The molecule has 1 aromatic carbocycles. The number of benzene rings is 1. The molecule has 0 saturated heterocycles. The third-order valence-corrected chi connectivity index (χ3v) is 3.47. The maximum Gasteiger partial charge on any atom is 0.308 e. The molecule has 1 aromatic heterocycles. The van der Waals surface area contributed by atoms with Gasteiger partial charge in [0, 0.05) is 11.3 Å². The van der Waals surface area contributed by atoms with Gasteiger partial charge in [-0.15, -0.1) is 0 Å². The molecular weight excluding hydrogens is 331 g/mol. The number of aliphatic carboxylic acids is 1. The van der Waals surface area contributed by atoms with Crippen LogP contribution in [0.2, 0.25) is 10.0 Å². The van der Waals surface area contributed by atoms with Crippen molar-refractivity contribution in [3.05, 3.63) is 55.7 Å². The zero-order chi connectivity index (χ0) is 16.3. The van der Waals surface area contributed by atoms with Gasteiger partial charge in [-0.25, -0.2) is 4.98 Å². The number of halogens is 2. The molecule has 6 nitrogen and oxygen atoms in total. The van der Waals surface area contributed by atoms with Crippen LogP contribution in [0.25, 0.3) is 0 Å². The minimum absolute atomic E-state index is 0.0487. The number of hydrogen-bond donors (Lipinski definition) is 2. The number of H-pyrrole nitrogens is 1. The van der Waals surface area contributed by atoms with Crippen LogP contribution < -0.4 is 10.3 Å². The van der Waals surface area contributed by atoms with Crippen LogP contribution in [0.4, 0.5) is 0 Å². The van der Waals surface area contributed by atoms with Crippen LogP contribution in [0.5, 0.6) is 5.75 Å². The highest BCUT2D eigenvalue weighted by molar-refractivity contribution is 6.37. The lowest BCUT2D eigenvalue weighted by molar-refractivity contribution is -0.136. The third kappa shape index (κ3) is 3.78. The van der Waals surface area contributed by atoms with Crippen LogP contribution >= 0.6 is 23.2 Å². The Labute approximate surface area is 135 Å². The Balaban J connectivity index is 2.21. The lowest BCUT2D eigenvalue weighted by Gasteiger charge is -2.10. The summed E-state index contributed by atoms with van der Waals surface area (Å²) in [7, 11) is 0. The van der Waals surface area contributed by atoms with Crippen molar-refractivity contribution >= 4 is 29.2 Å². The molecule has 0 atom stereocenters. The summed E-state index contributed by atoms with van der Waals surface area (Å²) in [5.74, 6) is -0.546. The number of nitrogens with zero attached hydrogens (tertiary/aromatic N) is 1. The average molecular weight is 343 g/mol. The van der Waals surface area contributed by atoms with Crippen LogP contribution in [0.15, 0.2) is 23.0 Å². The van der Waals surface area contributed by atoms with Crippen molar-refractivity contribution in [3.63, 3.8) is 0 Å². The van der Waals surface area contributed by atoms with Crippen LogP contribution in [-0.2, 0) is 17.8 Å². The van der Waals surface area contributed by atoms with E-state index in [1.165, 1.54) is 0 Å². The molecule has 2 aromatic rings. The van der Waals surface area contributed by atoms with Gasteiger partial charge in [-0.2, -0.15) is 0 Å². The average Bonchev–Trinajstić information content (AvgIpc) is 2.42. The van der Waals surface area contributed by atoms with Crippen molar-refractivity contribution in [1.29, 1.82) is 0 Å². The van der Waals surface area contributed by atoms with Crippen LogP contribution in [0.1, 0.15) is 17.1 Å². The standard InChI is InChI=1S/C14H12Cl2N2O4/c1-7-8(5-12(19)20)14(21)18-11(17-7)6-22-13-9(15)3-2-4-10(13)16/h2-4H,5-6H2,1H3,(H,19,20)(H,17,18,21). The number of ether oxygens (including phenoxy) is 1. The van der Waals surface area contributed by atoms with Crippen molar-refractivity contribution < 1.29 is 14.6 Å². The summed E-state index contributed by atoms with van der Waals surface area (Å²) in [6.07, 6.45) is -0.383. The number of para-hydroxylation sites is 1. The van der Waals surface area contributed by atoms with Gasteiger partial charge in [0.25, 0.3) is 5.56 Å². The summed E-state index contributed by atoms with van der Waals surface area (Å²) in [6.45, 7) is 1.52. The lowest BCUT2D eigenvalue weighted by atomic mass is 10.2. The zero-order valence-corrected chi connectivity index (χ0v) is 13.0. The van der Waals surface area contributed by atoms with E-state index in [9.17, 15) is 9.59 Å². The fourth-order valence-corrected chi connectivity index (χ4v) is 2.36. The first-order valence-corrected chi connectivity index (χ1v) is 7.01. The number of carbonyl (C=O) groups is 1. The number of aryl methyl sites for hydroxylation is 1. The molecule has 1 heterocycles. The van der Waals surface area contributed by atoms with E-state index in [1.807, 2.05) is 0 Å². The first-order valence-electron chi connectivity index (χ1n) is 6.25. The molecule has 0 unspecified atom stereocenters. The topological polar surface area (TPSA) is 92.3 Å². The van der Waals surface area contributed by atoms with E-state index < -0.39 is 11.5 Å². The normalized spacial score (nSPS) is 10.5. The summed E-state index contributed by atoms with van der Waals surface area (Å²) < 4.78 is 5.47. The van der Waals surface area contributed by atoms with E-state index in [2.05, 4.69) is 9.97 Å². The molecule has 0 fully saturated rings. The van der Waals surface area contributed by atoms with E-state index in [1.54, 1.807) is 25.1 Å². The summed E-state index contributed by atoms with van der Waals surface area (Å²) >= 11 is 11.9. The Morgan fingerprint density at radius 2 is 2.00 bits per heavy atom. The van der Waals surface area contributed by atoms with E-state index in [4.69, 9.17) is 33.0 Å². The molecule has 116 valence electrons. The van der Waals surface area contributed by atoms with Crippen molar-refractivity contribution in [3.8, 4) is 5.75 Å². The largest absolute Gasteiger partial charge is 0.483 e. The van der Waals surface area contributed by atoms with Crippen LogP contribution in [0, 0.1) is 6.92 Å². The molecule has 0 saturated carbocycles. The number of nitrogens with one attached hydrogen (secondary N) is 1. The highest BCUT2D eigenvalue weighted by Gasteiger charge is 2.13. The Bertz CT molecular complexity index is 754. The zero-order valence-electron chi connectivity index (χ0n) is 11.5. The molecular formula is C14H12Cl2N2O4. The molecule has 0 aliphatic rings. The smallest absolute Gasteiger partial charge is 0.308 e. The molecule has 0 amide bonds. The van der Waals surface area contributed by atoms with E-state index in [0.29, 0.717) is 21.5 Å². The first-order chi connectivity index (χ1) is 10.4. The van der Waals surface area contributed by atoms with Gasteiger partial charge >= 0.3 is 5.97 Å². The molecule has 0 radical (unpaired) electrons. The van der Waals surface area contributed by atoms with Crippen LogP contribution in [0.3, 0.4) is 0 Å². The summed E-state index contributed by atoms with van der Waals surface area (Å²) in [6, 6.07) is 4.93. The van der Waals surface area contributed by atoms with Gasteiger partial charge in [0.1, 0.15) is 12.4 Å². The van der Waals surface area contributed by atoms with Gasteiger partial charge in [-0.1, -0.05) is 29.3 Å². The fraction of sp³-hybridized carbons (Fsp3) is 0.214. The fourth-order valence-electron chi connectivity index (χ4n) is 1.86. The third-order valence-electron chi connectivity index (χ3n) is 2.87. The molecule has 0 bridgehead atoms. The number of carboxylic acids is 1. The molecule has 2 rings (SSSR count). The van der Waals surface area contributed by atoms with Gasteiger partial charge in [0.2, 0.25) is 0 Å². The SMILES string of the molecule is Cc1nc(COc2c(Cl)cccc2Cl)[nH]c(=O)c1CC(=O)O. The van der Waals surface area contributed by atoms with Gasteiger partial charge in [0.05, 0.1) is 16.5 Å². The molecule has 0 spiro atoms. The monoisotopic (exact) mass is 342 g/mol. The number of rotatable bonds is 5. The second-order valence-corrected chi connectivity index (χ2v) is 5.30. The van der Waals surface area contributed by atoms with E-state index in [-0.39, 0.29) is 24.4 Å². The Morgan fingerprint density at radius 1 is 1.36 bits per heavy atom. The maximum absolute atomic E-state index is 11.9. The quantitative estimate of drug-likeness (QED) is 0.871. The second-order valence-electron chi connectivity index (χ2n) is 4.49. The minimum Gasteiger partial charge on any atom is -0.483 e. The molecule has 0 aliphatic carbocycles. The van der Waals surface area contributed by atoms with Gasteiger partial charge < -0.3 is 14.8 Å². The Hall–Kier alpha value is -2.05. The predicted octanol–water partition coefficient (Wildman–Crippen LogP) is 2.59. The van der Waals surface area contributed by atoms with Gasteiger partial charge in [0.15, 0.2) is 5.75 Å². The Morgan fingerprint density at radius 3 is 2.55 bits per heavy atom. The Kier molecular flexibility index (Phi) is 5.05. The number of aromatic nitrogens is 2. The maximum atomic E-state index is 11.9. The number of carboxylic acid groups (broad SMARTS) is 1. The highest BCUT2D eigenvalue weighted by atomic mass is 35.5. The molecule has 2 N–H and O–H groups in total. The minimum atomic E-state index is -1.10. The van der Waals surface area contributed by atoms with Crippen molar-refractivity contribution in [2.75, 3.05) is 0 Å². The van der Waals surface area contributed by atoms with E-state index >= 15 is 0 Å². The van der Waals surface area contributed by atoms with Gasteiger partial charge in [-0.3, -0.25) is 9.59 Å². The summed E-state index contributed by atoms with van der Waals surface area (Å²) in [5.41, 5.74) is -0.0409. The second kappa shape index (κ2) is 6.81. The molecule has 22 heavy (non-hydrogen) atoms.